The van der Waals surface area contributed by atoms with E-state index in [0.29, 0.717) is 0 Å². The molecule has 2 saturated carbocycles. The van der Waals surface area contributed by atoms with E-state index in [4.69, 9.17) is 4.74 Å². The van der Waals surface area contributed by atoms with E-state index in [1.54, 1.807) is 11.1 Å². The average Bonchev–Trinajstić information content (AvgIpc) is 2.66. The first-order chi connectivity index (χ1) is 12.5. The van der Waals surface area contributed by atoms with E-state index in [-0.39, 0.29) is 0 Å². The molecule has 26 heavy (non-hydrogen) atoms. The van der Waals surface area contributed by atoms with Crippen molar-refractivity contribution in [1.82, 2.24) is 0 Å². The summed E-state index contributed by atoms with van der Waals surface area (Å²) in [6.45, 7) is 9.45. The van der Waals surface area contributed by atoms with Gasteiger partial charge in [0.2, 0.25) is 0 Å². The highest BCUT2D eigenvalue weighted by Crippen LogP contribution is 2.40. The van der Waals surface area contributed by atoms with Crippen molar-refractivity contribution >= 4 is 0 Å². The number of ether oxygens (including phenoxy) is 1. The minimum Gasteiger partial charge on any atom is -0.496 e. The molecule has 0 aromatic heterocycles. The largest absolute Gasteiger partial charge is 0.496 e. The van der Waals surface area contributed by atoms with Crippen molar-refractivity contribution < 1.29 is 4.74 Å². The second-order valence-electron chi connectivity index (χ2n) is 9.40. The normalized spacial score (nSPS) is 24.7. The molecule has 0 atom stereocenters. The summed E-state index contributed by atoms with van der Waals surface area (Å²) in [4.78, 5) is 0. The SMILES string of the molecule is COc1c(C)c(CC2CCC(C)CC2)c(C)c(C)c1CC1CCCCC1. The molecule has 1 heteroatoms. The van der Waals surface area contributed by atoms with Crippen LogP contribution in [0.1, 0.15) is 92.5 Å². The summed E-state index contributed by atoms with van der Waals surface area (Å²) in [6, 6.07) is 0. The smallest absolute Gasteiger partial charge is 0.125 e. The fraction of sp³-hybridized carbons (Fsp3) is 0.760. The van der Waals surface area contributed by atoms with E-state index in [9.17, 15) is 0 Å². The highest BCUT2D eigenvalue weighted by Gasteiger charge is 2.25. The second-order valence-corrected chi connectivity index (χ2v) is 9.40. The molecular weight excluding hydrogens is 316 g/mol. The van der Waals surface area contributed by atoms with Crippen LogP contribution in [0.3, 0.4) is 0 Å². The van der Waals surface area contributed by atoms with Gasteiger partial charge in [-0.1, -0.05) is 51.9 Å². The maximum atomic E-state index is 6.00. The van der Waals surface area contributed by atoms with Gasteiger partial charge in [0.25, 0.3) is 0 Å². The molecule has 0 heterocycles. The van der Waals surface area contributed by atoms with Crippen LogP contribution >= 0.6 is 0 Å². The summed E-state index contributed by atoms with van der Waals surface area (Å²) in [5, 5.41) is 0. The molecule has 2 aliphatic carbocycles. The van der Waals surface area contributed by atoms with Gasteiger partial charge in [0, 0.05) is 0 Å². The van der Waals surface area contributed by atoms with Gasteiger partial charge in [-0.2, -0.15) is 0 Å². The third-order valence-electron chi connectivity index (χ3n) is 7.59. The standard InChI is InChI=1S/C25H40O/c1-17-11-13-22(14-12-17)15-23-18(2)19(3)24(25(26-5)20(23)4)16-21-9-7-6-8-10-21/h17,21-22H,6-16H2,1-5H3. The molecule has 0 unspecified atom stereocenters. The van der Waals surface area contributed by atoms with Crippen LogP contribution in [0, 0.1) is 38.5 Å². The number of benzene rings is 1. The summed E-state index contributed by atoms with van der Waals surface area (Å²) in [5.41, 5.74) is 7.59. The monoisotopic (exact) mass is 356 g/mol. The summed E-state index contributed by atoms with van der Waals surface area (Å²) in [5.74, 6) is 3.87. The van der Waals surface area contributed by atoms with Gasteiger partial charge in [-0.05, 0) is 92.0 Å². The van der Waals surface area contributed by atoms with Crippen molar-refractivity contribution in [2.75, 3.05) is 7.11 Å². The average molecular weight is 357 g/mol. The molecule has 1 aromatic rings. The van der Waals surface area contributed by atoms with Crippen molar-refractivity contribution in [3.8, 4) is 5.75 Å². The van der Waals surface area contributed by atoms with E-state index in [2.05, 4.69) is 27.7 Å². The Bertz CT molecular complexity index is 601. The summed E-state index contributed by atoms with van der Waals surface area (Å²) < 4.78 is 6.00. The molecule has 0 bridgehead atoms. The fourth-order valence-electron chi connectivity index (χ4n) is 5.60. The molecule has 2 aliphatic rings. The van der Waals surface area contributed by atoms with Crippen LogP contribution < -0.4 is 4.74 Å². The first kappa shape index (κ1) is 19.8. The Hall–Kier alpha value is -0.980. The van der Waals surface area contributed by atoms with Crippen molar-refractivity contribution in [1.29, 1.82) is 0 Å². The van der Waals surface area contributed by atoms with Crippen LogP contribution in [0.2, 0.25) is 0 Å². The van der Waals surface area contributed by atoms with Gasteiger partial charge in [0.1, 0.15) is 5.75 Å². The zero-order valence-corrected chi connectivity index (χ0v) is 17.9. The van der Waals surface area contributed by atoms with Crippen molar-refractivity contribution in [2.24, 2.45) is 17.8 Å². The molecule has 0 amide bonds. The van der Waals surface area contributed by atoms with Gasteiger partial charge >= 0.3 is 0 Å². The molecule has 0 radical (unpaired) electrons. The maximum absolute atomic E-state index is 6.00. The molecule has 0 saturated heterocycles. The lowest BCUT2D eigenvalue weighted by molar-refractivity contribution is 0.288. The molecule has 1 aromatic carbocycles. The van der Waals surface area contributed by atoms with E-state index < -0.39 is 0 Å². The molecule has 3 rings (SSSR count). The van der Waals surface area contributed by atoms with Gasteiger partial charge < -0.3 is 4.74 Å². The van der Waals surface area contributed by atoms with Crippen LogP contribution in [-0.4, -0.2) is 7.11 Å². The van der Waals surface area contributed by atoms with Crippen LogP contribution in [0.25, 0.3) is 0 Å². The molecule has 0 spiro atoms. The number of hydrogen-bond donors (Lipinski definition) is 0. The molecular formula is C25H40O. The highest BCUT2D eigenvalue weighted by molar-refractivity contribution is 5.55. The fourth-order valence-corrected chi connectivity index (χ4v) is 5.60. The Balaban J connectivity index is 1.85. The Morgan fingerprint density at radius 2 is 1.23 bits per heavy atom. The third kappa shape index (κ3) is 4.29. The molecule has 2 fully saturated rings. The topological polar surface area (TPSA) is 9.23 Å². The summed E-state index contributed by atoms with van der Waals surface area (Å²) in [6.07, 6.45) is 15.2. The van der Waals surface area contributed by atoms with E-state index >= 15 is 0 Å². The maximum Gasteiger partial charge on any atom is 0.125 e. The summed E-state index contributed by atoms with van der Waals surface area (Å²) >= 11 is 0. The summed E-state index contributed by atoms with van der Waals surface area (Å²) in [7, 11) is 1.88. The molecule has 1 nitrogen and oxygen atoms in total. The van der Waals surface area contributed by atoms with Crippen LogP contribution in [0.15, 0.2) is 0 Å². The minimum atomic E-state index is 0.862. The van der Waals surface area contributed by atoms with E-state index in [1.165, 1.54) is 93.1 Å². The third-order valence-corrected chi connectivity index (χ3v) is 7.59. The van der Waals surface area contributed by atoms with Crippen molar-refractivity contribution in [3.05, 3.63) is 27.8 Å². The lowest BCUT2D eigenvalue weighted by Crippen LogP contribution is -2.17. The Morgan fingerprint density at radius 3 is 1.85 bits per heavy atom. The number of hydrogen-bond acceptors (Lipinski definition) is 1. The zero-order chi connectivity index (χ0) is 18.7. The van der Waals surface area contributed by atoms with Crippen molar-refractivity contribution in [2.45, 2.75) is 98.3 Å². The quantitative estimate of drug-likeness (QED) is 0.546. The Morgan fingerprint density at radius 1 is 0.692 bits per heavy atom. The lowest BCUT2D eigenvalue weighted by atomic mass is 9.77. The zero-order valence-electron chi connectivity index (χ0n) is 17.9. The molecule has 0 N–H and O–H groups in total. The first-order valence-electron chi connectivity index (χ1n) is 11.2. The molecule has 0 aliphatic heterocycles. The molecule has 146 valence electrons. The van der Waals surface area contributed by atoms with Crippen molar-refractivity contribution in [3.63, 3.8) is 0 Å². The van der Waals surface area contributed by atoms with Gasteiger partial charge in [0.15, 0.2) is 0 Å². The van der Waals surface area contributed by atoms with E-state index in [0.717, 1.165) is 17.8 Å². The second kappa shape index (κ2) is 8.81. The van der Waals surface area contributed by atoms with Gasteiger partial charge in [-0.15, -0.1) is 0 Å². The van der Waals surface area contributed by atoms with E-state index in [1.807, 2.05) is 7.11 Å². The van der Waals surface area contributed by atoms with Crippen LogP contribution in [0.4, 0.5) is 0 Å². The Kier molecular flexibility index (Phi) is 6.70. The predicted octanol–water partition coefficient (Wildman–Crippen LogP) is 7.11. The van der Waals surface area contributed by atoms with Gasteiger partial charge in [0.05, 0.1) is 7.11 Å². The lowest BCUT2D eigenvalue weighted by Gasteiger charge is -2.30. The number of rotatable bonds is 5. The van der Waals surface area contributed by atoms with Crippen LogP contribution in [-0.2, 0) is 12.8 Å². The van der Waals surface area contributed by atoms with Gasteiger partial charge in [-0.3, -0.25) is 0 Å². The highest BCUT2D eigenvalue weighted by atomic mass is 16.5. The Labute approximate surface area is 161 Å². The number of methoxy groups -OCH3 is 1. The van der Waals surface area contributed by atoms with Gasteiger partial charge in [-0.25, -0.2) is 0 Å². The van der Waals surface area contributed by atoms with Crippen LogP contribution in [0.5, 0.6) is 5.75 Å². The minimum absolute atomic E-state index is 0.862. The first-order valence-corrected chi connectivity index (χ1v) is 11.2. The predicted molar refractivity (Wildman–Crippen MR) is 112 cm³/mol.